The molecule has 12 heteroatoms. The molecule has 0 aliphatic carbocycles. The van der Waals surface area contributed by atoms with Crippen LogP contribution in [0.1, 0.15) is 48.5 Å². The zero-order chi connectivity index (χ0) is 28.0. The monoisotopic (exact) mass is 595 g/mol. The maximum atomic E-state index is 14.8. The van der Waals surface area contributed by atoms with Crippen molar-refractivity contribution in [3.63, 3.8) is 0 Å². The number of aromatic nitrogens is 3. The predicted octanol–water partition coefficient (Wildman–Crippen LogP) is 6.08. The average molecular weight is 596 g/mol. The Bertz CT molecular complexity index is 1630. The van der Waals surface area contributed by atoms with Gasteiger partial charge < -0.3 is 15.5 Å². The van der Waals surface area contributed by atoms with Gasteiger partial charge >= 0.3 is 0 Å². The van der Waals surface area contributed by atoms with Gasteiger partial charge in [-0.3, -0.25) is 9.79 Å². The Morgan fingerprint density at radius 3 is 2.56 bits per heavy atom. The number of hydrogen-bond acceptors (Lipinski definition) is 8. The fourth-order valence-corrected chi connectivity index (χ4v) is 5.95. The molecule has 212 valence electrons. The molecule has 2 aromatic carbocycles. The lowest BCUT2D eigenvalue weighted by atomic mass is 9.95. The molecule has 2 aliphatic heterocycles. The molecule has 0 saturated carbocycles. The van der Waals surface area contributed by atoms with E-state index in [2.05, 4.69) is 25.6 Å². The van der Waals surface area contributed by atoms with Crippen molar-refractivity contribution in [3.05, 3.63) is 87.0 Å². The summed E-state index contributed by atoms with van der Waals surface area (Å²) in [6, 6.07) is 9.18. The van der Waals surface area contributed by atoms with Crippen LogP contribution in [0, 0.1) is 11.6 Å². The minimum Gasteiger partial charge on any atom is -0.334 e. The smallest absolute Gasteiger partial charge is 0.273 e. The van der Waals surface area contributed by atoms with E-state index in [0.29, 0.717) is 51.3 Å². The highest BCUT2D eigenvalue weighted by molar-refractivity contribution is 7.14. The molecule has 8 nitrogen and oxygen atoms in total. The predicted molar refractivity (Wildman–Crippen MR) is 158 cm³/mol. The van der Waals surface area contributed by atoms with Crippen LogP contribution in [0.15, 0.2) is 53.0 Å². The highest BCUT2D eigenvalue weighted by Gasteiger charge is 2.28. The summed E-state index contributed by atoms with van der Waals surface area (Å²) in [7, 11) is 0. The van der Waals surface area contributed by atoms with E-state index in [1.165, 1.54) is 29.5 Å². The lowest BCUT2D eigenvalue weighted by Crippen LogP contribution is -2.55. The van der Waals surface area contributed by atoms with Crippen LogP contribution >= 0.6 is 22.9 Å². The second-order valence-electron chi connectivity index (χ2n) is 9.86. The maximum absolute atomic E-state index is 14.8. The van der Waals surface area contributed by atoms with Crippen LogP contribution in [0.5, 0.6) is 0 Å². The minimum atomic E-state index is -0.720. The van der Waals surface area contributed by atoms with Crippen LogP contribution in [-0.2, 0) is 6.54 Å². The first-order valence-electron chi connectivity index (χ1n) is 12.7. The molecule has 1 saturated heterocycles. The van der Waals surface area contributed by atoms with Crippen molar-refractivity contribution in [2.75, 3.05) is 18.4 Å². The quantitative estimate of drug-likeness (QED) is 0.297. The molecule has 2 aromatic heterocycles. The number of carbonyl (C=O) groups excluding carboxylic acids is 1. The van der Waals surface area contributed by atoms with Gasteiger partial charge in [-0.1, -0.05) is 31.2 Å². The number of amides is 1. The zero-order valence-corrected chi connectivity index (χ0v) is 23.2. The average Bonchev–Trinajstić information content (AvgIpc) is 3.32. The summed E-state index contributed by atoms with van der Waals surface area (Å²) in [5, 5.41) is 9.09. The molecule has 6 rings (SSSR count). The van der Waals surface area contributed by atoms with E-state index in [-0.39, 0.29) is 49.2 Å². The van der Waals surface area contributed by atoms with E-state index in [9.17, 15) is 13.6 Å². The fourth-order valence-electron chi connectivity index (χ4n) is 5.10. The largest absolute Gasteiger partial charge is 0.334 e. The van der Waals surface area contributed by atoms with Crippen LogP contribution in [0.3, 0.4) is 0 Å². The summed E-state index contributed by atoms with van der Waals surface area (Å²) >= 11 is 7.58. The highest BCUT2D eigenvalue weighted by atomic mass is 35.5. The molecule has 4 heterocycles. The third-order valence-electron chi connectivity index (χ3n) is 6.75. The Balaban J connectivity index is 0.00000337. The van der Waals surface area contributed by atoms with E-state index < -0.39 is 11.6 Å². The number of nitrogens with zero attached hydrogens (tertiary/aromatic N) is 5. The third-order valence-corrected chi connectivity index (χ3v) is 7.74. The van der Waals surface area contributed by atoms with Gasteiger partial charge in [0.15, 0.2) is 5.13 Å². The number of anilines is 2. The lowest BCUT2D eigenvalue weighted by Gasteiger charge is -2.35. The maximum Gasteiger partial charge on any atom is 0.273 e. The molecule has 2 atom stereocenters. The van der Waals surface area contributed by atoms with Crippen LogP contribution in [0.25, 0.3) is 11.3 Å². The minimum absolute atomic E-state index is 0. The van der Waals surface area contributed by atoms with Gasteiger partial charge in [0.2, 0.25) is 5.95 Å². The van der Waals surface area contributed by atoms with Gasteiger partial charge in [-0.2, -0.15) is 0 Å². The van der Waals surface area contributed by atoms with Gasteiger partial charge in [0.25, 0.3) is 5.91 Å². The molecule has 0 bridgehead atoms. The Morgan fingerprint density at radius 2 is 1.83 bits per heavy atom. The molecule has 1 fully saturated rings. The van der Waals surface area contributed by atoms with E-state index >= 15 is 0 Å². The van der Waals surface area contributed by atoms with Gasteiger partial charge in [0, 0.05) is 58.5 Å². The van der Waals surface area contributed by atoms with Crippen molar-refractivity contribution < 1.29 is 13.6 Å². The molecule has 0 radical (unpaired) electrons. The molecule has 1 amide bonds. The molecule has 2 N–H and O–H groups in total. The van der Waals surface area contributed by atoms with E-state index in [0.717, 1.165) is 0 Å². The van der Waals surface area contributed by atoms with E-state index in [4.69, 9.17) is 16.6 Å². The summed E-state index contributed by atoms with van der Waals surface area (Å²) in [6.07, 6.45) is 1.62. The number of thiazole rings is 1. The van der Waals surface area contributed by atoms with E-state index in [1.807, 2.05) is 18.7 Å². The van der Waals surface area contributed by atoms with Gasteiger partial charge in [0.1, 0.15) is 17.3 Å². The number of nitrogens with one attached hydrogen (secondary N) is 2. The van der Waals surface area contributed by atoms with Gasteiger partial charge in [0.05, 0.1) is 23.5 Å². The number of carbonyl (C=O) groups is 1. The van der Waals surface area contributed by atoms with Crippen molar-refractivity contribution in [3.8, 4) is 11.3 Å². The second kappa shape index (κ2) is 11.6. The fraction of sp³-hybridized carbons (Fsp3) is 0.276. The number of rotatable bonds is 4. The van der Waals surface area contributed by atoms with Crippen molar-refractivity contribution in [1.82, 2.24) is 25.2 Å². The molecule has 0 spiro atoms. The lowest BCUT2D eigenvalue weighted by molar-refractivity contribution is 0.0669. The summed E-state index contributed by atoms with van der Waals surface area (Å²) in [5.74, 6) is -1.30. The molecular formula is C29H28ClF2N7OS. The van der Waals surface area contributed by atoms with Crippen LogP contribution in [0.4, 0.5) is 19.9 Å². The Morgan fingerprint density at radius 1 is 1.10 bits per heavy atom. The van der Waals surface area contributed by atoms with Crippen molar-refractivity contribution >= 4 is 45.6 Å². The topological polar surface area (TPSA) is 95.4 Å². The molecular weight excluding hydrogens is 568 g/mol. The van der Waals surface area contributed by atoms with Crippen molar-refractivity contribution in [2.45, 2.75) is 39.9 Å². The second-order valence-corrected chi connectivity index (χ2v) is 11.2. The molecule has 41 heavy (non-hydrogen) atoms. The first kappa shape index (κ1) is 28.7. The standard InChI is InChI=1S/C28H24ClF2N7OS.CH4/c1-14-11-38(12-15(2)34-14)26(39)22-13-40-28(35-22)37-27-33-10-16-9-32-25(23-20(30)4-3-5-21(23)31)19-8-17(29)6-7-18(19)24(16)36-27;/h3-8,10,13-15,34H,9,11-12H2,1-2H3,(H,33,35,36,37);1H4. The van der Waals surface area contributed by atoms with Gasteiger partial charge in [-0.05, 0) is 38.1 Å². The SMILES string of the molecule is C.CC1CN(C(=O)c2csc(Nc3ncc4c(n3)-c3ccc(Cl)cc3C(c3c(F)cccc3F)=NC4)n2)CC(C)N1. The Kier molecular flexibility index (Phi) is 8.12. The number of halogens is 3. The van der Waals surface area contributed by atoms with Gasteiger partial charge in [-0.25, -0.2) is 23.7 Å². The van der Waals surface area contributed by atoms with Crippen LogP contribution < -0.4 is 10.6 Å². The summed E-state index contributed by atoms with van der Waals surface area (Å²) < 4.78 is 29.6. The van der Waals surface area contributed by atoms with Crippen molar-refractivity contribution in [2.24, 2.45) is 4.99 Å². The summed E-state index contributed by atoms with van der Waals surface area (Å²) in [6.45, 7) is 5.44. The first-order chi connectivity index (χ1) is 19.3. The summed E-state index contributed by atoms with van der Waals surface area (Å²) in [4.78, 5) is 33.0. The Hall–Kier alpha value is -3.80. The van der Waals surface area contributed by atoms with Crippen LogP contribution in [-0.4, -0.2) is 56.6 Å². The van der Waals surface area contributed by atoms with Gasteiger partial charge in [-0.15, -0.1) is 11.3 Å². The van der Waals surface area contributed by atoms with Crippen molar-refractivity contribution in [1.29, 1.82) is 0 Å². The first-order valence-corrected chi connectivity index (χ1v) is 14.0. The number of hydrogen-bond donors (Lipinski definition) is 2. The Labute approximate surface area is 245 Å². The number of piperazine rings is 1. The molecule has 4 aromatic rings. The third kappa shape index (κ3) is 5.70. The summed E-state index contributed by atoms with van der Waals surface area (Å²) in [5.41, 5.74) is 2.59. The highest BCUT2D eigenvalue weighted by Crippen LogP contribution is 2.35. The number of aliphatic imine (C=N–C) groups is 1. The van der Waals surface area contributed by atoms with Crippen LogP contribution in [0.2, 0.25) is 5.02 Å². The van der Waals surface area contributed by atoms with E-state index in [1.54, 1.807) is 29.8 Å². The normalized spacial score (nSPS) is 18.0. The number of benzene rings is 2. The zero-order valence-electron chi connectivity index (χ0n) is 21.6. The molecule has 2 unspecified atom stereocenters. The molecule has 2 aliphatic rings. The number of fused-ring (bicyclic) bond motifs is 3.